The second kappa shape index (κ2) is 5.64. The van der Waals surface area contributed by atoms with Crippen LogP contribution in [0.5, 0.6) is 0 Å². The number of nitrogen functional groups attached to an aromatic ring is 1. The third-order valence-electron chi connectivity index (χ3n) is 2.93. The van der Waals surface area contributed by atoms with Crippen molar-refractivity contribution in [1.29, 1.82) is 0 Å². The summed E-state index contributed by atoms with van der Waals surface area (Å²) in [6.45, 7) is 1.98. The number of aryl methyl sites for hydroxylation is 1. The number of nitrogens with two attached hydrogens (primary N) is 1. The fourth-order valence-corrected chi connectivity index (χ4v) is 1.72. The highest BCUT2D eigenvalue weighted by atomic mass is 19.1. The SMILES string of the molecule is Cc1ccncc1CNC(=O)c1c(F)ccc(N)c1F. The number of anilines is 1. The van der Waals surface area contributed by atoms with Crippen LogP contribution in [0.15, 0.2) is 30.6 Å². The smallest absolute Gasteiger partial charge is 0.257 e. The Morgan fingerprint density at radius 1 is 1.35 bits per heavy atom. The van der Waals surface area contributed by atoms with Gasteiger partial charge in [-0.15, -0.1) is 0 Å². The first kappa shape index (κ1) is 13.9. The molecule has 0 aliphatic carbocycles. The van der Waals surface area contributed by atoms with Crippen molar-refractivity contribution in [2.75, 3.05) is 5.73 Å². The van der Waals surface area contributed by atoms with E-state index in [0.717, 1.165) is 23.3 Å². The zero-order chi connectivity index (χ0) is 14.7. The standard InChI is InChI=1S/C14H13F2N3O/c1-8-4-5-18-6-9(8)7-19-14(20)12-10(15)2-3-11(17)13(12)16/h2-6H,7,17H2,1H3,(H,19,20). The summed E-state index contributed by atoms with van der Waals surface area (Å²) in [5, 5.41) is 2.45. The number of nitrogens with one attached hydrogen (secondary N) is 1. The summed E-state index contributed by atoms with van der Waals surface area (Å²) in [6.07, 6.45) is 3.21. The zero-order valence-electron chi connectivity index (χ0n) is 10.8. The van der Waals surface area contributed by atoms with Gasteiger partial charge in [-0.05, 0) is 36.2 Å². The first-order valence-corrected chi connectivity index (χ1v) is 5.92. The van der Waals surface area contributed by atoms with Crippen molar-refractivity contribution in [2.24, 2.45) is 0 Å². The van der Waals surface area contributed by atoms with Crippen LogP contribution >= 0.6 is 0 Å². The van der Waals surface area contributed by atoms with Gasteiger partial charge >= 0.3 is 0 Å². The fraction of sp³-hybridized carbons (Fsp3) is 0.143. The lowest BCUT2D eigenvalue weighted by Gasteiger charge is -2.09. The van der Waals surface area contributed by atoms with Crippen LogP contribution in [-0.4, -0.2) is 10.9 Å². The Morgan fingerprint density at radius 2 is 2.10 bits per heavy atom. The van der Waals surface area contributed by atoms with Gasteiger partial charge in [0.05, 0.1) is 5.69 Å². The van der Waals surface area contributed by atoms with E-state index in [4.69, 9.17) is 5.73 Å². The van der Waals surface area contributed by atoms with Gasteiger partial charge in [0.2, 0.25) is 0 Å². The topological polar surface area (TPSA) is 68.0 Å². The molecule has 1 heterocycles. The lowest BCUT2D eigenvalue weighted by atomic mass is 10.1. The second-order valence-corrected chi connectivity index (χ2v) is 4.31. The van der Waals surface area contributed by atoms with E-state index in [2.05, 4.69) is 10.3 Å². The van der Waals surface area contributed by atoms with E-state index in [1.165, 1.54) is 0 Å². The van der Waals surface area contributed by atoms with Gasteiger partial charge in [-0.1, -0.05) is 0 Å². The molecule has 0 atom stereocenters. The minimum Gasteiger partial charge on any atom is -0.396 e. The van der Waals surface area contributed by atoms with E-state index in [1.54, 1.807) is 18.5 Å². The highest BCUT2D eigenvalue weighted by Crippen LogP contribution is 2.18. The number of amides is 1. The van der Waals surface area contributed by atoms with E-state index in [0.29, 0.717) is 0 Å². The number of rotatable bonds is 3. The van der Waals surface area contributed by atoms with Gasteiger partial charge in [0.25, 0.3) is 5.91 Å². The van der Waals surface area contributed by atoms with Crippen LogP contribution < -0.4 is 11.1 Å². The summed E-state index contributed by atoms with van der Waals surface area (Å²) in [7, 11) is 0. The number of carbonyl (C=O) groups excluding carboxylic acids is 1. The van der Waals surface area contributed by atoms with Gasteiger partial charge in [-0.25, -0.2) is 8.78 Å². The van der Waals surface area contributed by atoms with Crippen molar-refractivity contribution in [1.82, 2.24) is 10.3 Å². The second-order valence-electron chi connectivity index (χ2n) is 4.31. The third-order valence-corrected chi connectivity index (χ3v) is 2.93. The summed E-state index contributed by atoms with van der Waals surface area (Å²) >= 11 is 0. The van der Waals surface area contributed by atoms with Gasteiger partial charge in [0.15, 0.2) is 5.82 Å². The molecule has 2 rings (SSSR count). The number of benzene rings is 1. The summed E-state index contributed by atoms with van der Waals surface area (Å²) in [5.41, 5.74) is 6.08. The highest BCUT2D eigenvalue weighted by Gasteiger charge is 2.19. The number of halogens is 2. The van der Waals surface area contributed by atoms with Crippen molar-refractivity contribution in [3.8, 4) is 0 Å². The molecule has 0 radical (unpaired) electrons. The molecule has 0 fully saturated rings. The van der Waals surface area contributed by atoms with Crippen LogP contribution in [0.1, 0.15) is 21.5 Å². The van der Waals surface area contributed by atoms with Crippen molar-refractivity contribution >= 4 is 11.6 Å². The Hall–Kier alpha value is -2.50. The minimum absolute atomic E-state index is 0.131. The molecule has 6 heteroatoms. The normalized spacial score (nSPS) is 10.3. The molecule has 1 aromatic heterocycles. The molecule has 3 N–H and O–H groups in total. The number of nitrogens with zero attached hydrogens (tertiary/aromatic N) is 1. The zero-order valence-corrected chi connectivity index (χ0v) is 10.8. The molecule has 1 aromatic carbocycles. The molecule has 104 valence electrons. The van der Waals surface area contributed by atoms with Gasteiger partial charge in [-0.2, -0.15) is 0 Å². The van der Waals surface area contributed by atoms with E-state index in [9.17, 15) is 13.6 Å². The Balaban J connectivity index is 2.18. The lowest BCUT2D eigenvalue weighted by Crippen LogP contribution is -2.25. The van der Waals surface area contributed by atoms with E-state index >= 15 is 0 Å². The molecule has 0 bridgehead atoms. The molecule has 4 nitrogen and oxygen atoms in total. The molecule has 0 saturated heterocycles. The maximum absolute atomic E-state index is 13.7. The van der Waals surface area contributed by atoms with E-state index < -0.39 is 23.1 Å². The van der Waals surface area contributed by atoms with Crippen LogP contribution in [0.2, 0.25) is 0 Å². The van der Waals surface area contributed by atoms with Crippen molar-refractivity contribution in [3.05, 3.63) is 58.9 Å². The molecule has 0 aliphatic heterocycles. The number of hydrogen-bond acceptors (Lipinski definition) is 3. The van der Waals surface area contributed by atoms with Crippen LogP contribution in [0.3, 0.4) is 0 Å². The predicted octanol–water partition coefficient (Wildman–Crippen LogP) is 2.18. The number of carbonyl (C=O) groups is 1. The van der Waals surface area contributed by atoms with Crippen molar-refractivity contribution < 1.29 is 13.6 Å². The fourth-order valence-electron chi connectivity index (χ4n) is 1.72. The largest absolute Gasteiger partial charge is 0.396 e. The number of aromatic nitrogens is 1. The summed E-state index contributed by atoms with van der Waals surface area (Å²) in [6, 6.07) is 3.82. The number of pyridine rings is 1. The van der Waals surface area contributed by atoms with Crippen molar-refractivity contribution in [2.45, 2.75) is 13.5 Å². The van der Waals surface area contributed by atoms with E-state index in [-0.39, 0.29) is 12.2 Å². The minimum atomic E-state index is -1.05. The summed E-state index contributed by atoms with van der Waals surface area (Å²) in [5.74, 6) is -2.85. The van der Waals surface area contributed by atoms with Gasteiger partial charge in [-0.3, -0.25) is 9.78 Å². The average Bonchev–Trinajstić information content (AvgIpc) is 2.42. The summed E-state index contributed by atoms with van der Waals surface area (Å²) in [4.78, 5) is 15.8. The van der Waals surface area contributed by atoms with Gasteiger partial charge in [0, 0.05) is 18.9 Å². The molecule has 1 amide bonds. The molecular weight excluding hydrogens is 264 g/mol. The van der Waals surface area contributed by atoms with Crippen LogP contribution in [0.25, 0.3) is 0 Å². The average molecular weight is 277 g/mol. The van der Waals surface area contributed by atoms with Crippen molar-refractivity contribution in [3.63, 3.8) is 0 Å². The van der Waals surface area contributed by atoms with Gasteiger partial charge in [0.1, 0.15) is 11.4 Å². The quantitative estimate of drug-likeness (QED) is 0.845. The lowest BCUT2D eigenvalue weighted by molar-refractivity contribution is 0.0942. The maximum Gasteiger partial charge on any atom is 0.257 e. The first-order chi connectivity index (χ1) is 9.50. The van der Waals surface area contributed by atoms with Crippen LogP contribution in [-0.2, 0) is 6.54 Å². The third kappa shape index (κ3) is 2.74. The first-order valence-electron chi connectivity index (χ1n) is 5.92. The Kier molecular flexibility index (Phi) is 3.93. The van der Waals surface area contributed by atoms with Gasteiger partial charge < -0.3 is 11.1 Å². The van der Waals surface area contributed by atoms with Crippen LogP contribution in [0.4, 0.5) is 14.5 Å². The Bertz CT molecular complexity index is 659. The molecule has 0 spiro atoms. The Labute approximate surface area is 114 Å². The summed E-state index contributed by atoms with van der Waals surface area (Å²) < 4.78 is 27.2. The molecule has 0 unspecified atom stereocenters. The predicted molar refractivity (Wildman–Crippen MR) is 70.9 cm³/mol. The molecule has 20 heavy (non-hydrogen) atoms. The van der Waals surface area contributed by atoms with E-state index in [1.807, 2.05) is 6.92 Å². The molecule has 0 aliphatic rings. The monoisotopic (exact) mass is 277 g/mol. The number of hydrogen-bond donors (Lipinski definition) is 2. The molecular formula is C14H13F2N3O. The highest BCUT2D eigenvalue weighted by molar-refractivity contribution is 5.95. The molecule has 2 aromatic rings. The van der Waals surface area contributed by atoms with Crippen LogP contribution in [0, 0.1) is 18.6 Å². The Morgan fingerprint density at radius 3 is 2.80 bits per heavy atom. The molecule has 0 saturated carbocycles. The maximum atomic E-state index is 13.7.